The molecule has 0 saturated carbocycles. The molecule has 0 bridgehead atoms. The van der Waals surface area contributed by atoms with Gasteiger partial charge in [-0.3, -0.25) is 9.59 Å². The number of carbonyl (C=O) groups excluding carboxylic acids is 2. The van der Waals surface area contributed by atoms with Gasteiger partial charge in [0.2, 0.25) is 11.8 Å². The van der Waals surface area contributed by atoms with E-state index in [2.05, 4.69) is 10.6 Å². The Hall–Kier alpha value is -1.59. The summed E-state index contributed by atoms with van der Waals surface area (Å²) in [5, 5.41) is 5.87. The molecule has 0 aromatic heterocycles. The minimum atomic E-state index is -0.517. The van der Waals surface area contributed by atoms with Crippen LogP contribution < -0.4 is 16.4 Å². The summed E-state index contributed by atoms with van der Waals surface area (Å²) in [6.07, 6.45) is 0. The van der Waals surface area contributed by atoms with E-state index in [1.165, 1.54) is 6.07 Å². The van der Waals surface area contributed by atoms with Crippen LogP contribution in [0.15, 0.2) is 18.2 Å². The summed E-state index contributed by atoms with van der Waals surface area (Å²) < 4.78 is 0. The zero-order chi connectivity index (χ0) is 12.8. The van der Waals surface area contributed by atoms with Gasteiger partial charge < -0.3 is 16.4 Å². The quantitative estimate of drug-likeness (QED) is 0.706. The Balaban J connectivity index is 2.60. The lowest BCUT2D eigenvalue weighted by atomic mass is 10.1. The molecule has 0 heterocycles. The number of hydrogen-bond donors (Lipinski definition) is 3. The van der Waals surface area contributed by atoms with Crippen LogP contribution in [-0.4, -0.2) is 25.4 Å². The Bertz CT molecular complexity index is 435. The smallest absolute Gasteiger partial charge is 0.248 e. The first-order valence-electron chi connectivity index (χ1n) is 5.04. The summed E-state index contributed by atoms with van der Waals surface area (Å²) >= 11 is 5.97. The maximum Gasteiger partial charge on any atom is 0.248 e. The molecule has 6 heteroatoms. The number of amides is 2. The number of rotatable bonds is 5. The number of primary amides is 1. The van der Waals surface area contributed by atoms with Crippen molar-refractivity contribution in [3.8, 4) is 0 Å². The Labute approximate surface area is 104 Å². The number of carbonyl (C=O) groups is 2. The molecule has 0 atom stereocenters. The van der Waals surface area contributed by atoms with Crippen LogP contribution in [-0.2, 0) is 11.3 Å². The Kier molecular flexibility index (Phi) is 4.93. The predicted molar refractivity (Wildman–Crippen MR) is 65.7 cm³/mol. The lowest BCUT2D eigenvalue weighted by molar-refractivity contribution is -0.119. The fourth-order valence-corrected chi connectivity index (χ4v) is 1.49. The van der Waals surface area contributed by atoms with Gasteiger partial charge in [0.25, 0.3) is 0 Å². The van der Waals surface area contributed by atoms with E-state index in [1.54, 1.807) is 19.2 Å². The van der Waals surface area contributed by atoms with Crippen LogP contribution in [0.25, 0.3) is 0 Å². The van der Waals surface area contributed by atoms with Gasteiger partial charge in [0.05, 0.1) is 6.54 Å². The zero-order valence-electron chi connectivity index (χ0n) is 9.42. The van der Waals surface area contributed by atoms with Crippen molar-refractivity contribution >= 4 is 23.4 Å². The van der Waals surface area contributed by atoms with Crippen molar-refractivity contribution in [2.24, 2.45) is 5.73 Å². The molecule has 0 aliphatic carbocycles. The highest BCUT2D eigenvalue weighted by Crippen LogP contribution is 2.17. The van der Waals surface area contributed by atoms with Crippen molar-refractivity contribution in [3.63, 3.8) is 0 Å². The molecule has 1 aromatic carbocycles. The molecule has 5 nitrogen and oxygen atoms in total. The van der Waals surface area contributed by atoms with Gasteiger partial charge in [0.15, 0.2) is 0 Å². The summed E-state index contributed by atoms with van der Waals surface area (Å²) in [5.41, 5.74) is 6.30. The minimum absolute atomic E-state index is 0.102. The molecule has 4 N–H and O–H groups in total. The van der Waals surface area contributed by atoms with E-state index in [0.717, 1.165) is 5.56 Å². The van der Waals surface area contributed by atoms with Gasteiger partial charge in [0.1, 0.15) is 0 Å². The fourth-order valence-electron chi connectivity index (χ4n) is 1.24. The van der Waals surface area contributed by atoms with Crippen molar-refractivity contribution < 1.29 is 9.59 Å². The van der Waals surface area contributed by atoms with Crippen molar-refractivity contribution in [3.05, 3.63) is 34.3 Å². The number of halogens is 1. The summed E-state index contributed by atoms with van der Waals surface area (Å²) in [6.45, 7) is 0.662. The van der Waals surface area contributed by atoms with E-state index < -0.39 is 5.91 Å². The molecule has 0 radical (unpaired) electrons. The van der Waals surface area contributed by atoms with Gasteiger partial charge in [0, 0.05) is 24.2 Å². The van der Waals surface area contributed by atoms with Crippen LogP contribution in [0.3, 0.4) is 0 Å². The summed E-state index contributed by atoms with van der Waals surface area (Å²) in [6, 6.07) is 4.82. The fraction of sp³-hybridized carbons (Fsp3) is 0.273. The number of nitrogens with two attached hydrogens (primary N) is 1. The van der Waals surface area contributed by atoms with Crippen LogP contribution in [0, 0.1) is 0 Å². The molecule has 0 aliphatic heterocycles. The normalized spacial score (nSPS) is 10.0. The van der Waals surface area contributed by atoms with Gasteiger partial charge >= 0.3 is 0 Å². The molecular formula is C11H14ClN3O2. The molecular weight excluding hydrogens is 242 g/mol. The Morgan fingerprint density at radius 3 is 2.65 bits per heavy atom. The van der Waals surface area contributed by atoms with Crippen LogP contribution in [0.1, 0.15) is 15.9 Å². The average Bonchev–Trinajstić information content (AvgIpc) is 2.30. The third-order valence-corrected chi connectivity index (χ3v) is 2.57. The van der Waals surface area contributed by atoms with Crippen molar-refractivity contribution in [2.45, 2.75) is 6.54 Å². The monoisotopic (exact) mass is 255 g/mol. The molecule has 1 aromatic rings. The van der Waals surface area contributed by atoms with E-state index in [9.17, 15) is 9.59 Å². The third-order valence-electron chi connectivity index (χ3n) is 2.22. The maximum atomic E-state index is 11.0. The molecule has 0 aliphatic rings. The van der Waals surface area contributed by atoms with Gasteiger partial charge in [-0.1, -0.05) is 17.7 Å². The van der Waals surface area contributed by atoms with E-state index >= 15 is 0 Å². The van der Waals surface area contributed by atoms with Gasteiger partial charge in [-0.05, 0) is 17.7 Å². The highest BCUT2D eigenvalue weighted by atomic mass is 35.5. The van der Waals surface area contributed by atoms with Gasteiger partial charge in [-0.2, -0.15) is 0 Å². The first-order chi connectivity index (χ1) is 8.04. The second-order valence-corrected chi connectivity index (χ2v) is 3.85. The molecule has 0 saturated heterocycles. The second-order valence-electron chi connectivity index (χ2n) is 3.45. The average molecular weight is 256 g/mol. The van der Waals surface area contributed by atoms with Crippen molar-refractivity contribution in [1.82, 2.24) is 10.6 Å². The van der Waals surface area contributed by atoms with Gasteiger partial charge in [-0.25, -0.2) is 0 Å². The summed E-state index contributed by atoms with van der Waals surface area (Å²) in [4.78, 5) is 21.9. The molecule has 1 rings (SSSR count). The first kappa shape index (κ1) is 13.5. The minimum Gasteiger partial charge on any atom is -0.366 e. The number of nitrogens with one attached hydrogen (secondary N) is 2. The van der Waals surface area contributed by atoms with E-state index in [1.807, 2.05) is 0 Å². The number of likely N-dealkylation sites (N-methyl/N-ethyl adjacent to an activating group) is 1. The molecule has 0 fully saturated rings. The first-order valence-corrected chi connectivity index (χ1v) is 5.42. The topological polar surface area (TPSA) is 84.2 Å². The standard InChI is InChI=1S/C11H14ClN3O2/c1-14-10(16)6-15-5-8-3-2-7(11(13)17)4-9(8)12/h2-4,15H,5-6H2,1H3,(H2,13,17)(H,14,16). The number of benzene rings is 1. The summed E-state index contributed by atoms with van der Waals surface area (Å²) in [5.74, 6) is -0.619. The zero-order valence-corrected chi connectivity index (χ0v) is 10.2. The Morgan fingerprint density at radius 1 is 1.41 bits per heavy atom. The Morgan fingerprint density at radius 2 is 2.12 bits per heavy atom. The lowest BCUT2D eigenvalue weighted by Gasteiger charge is -2.07. The molecule has 0 spiro atoms. The summed E-state index contributed by atoms with van der Waals surface area (Å²) in [7, 11) is 1.57. The third kappa shape index (κ3) is 4.05. The highest BCUT2D eigenvalue weighted by Gasteiger charge is 2.05. The van der Waals surface area contributed by atoms with Crippen molar-refractivity contribution in [1.29, 1.82) is 0 Å². The molecule has 2 amide bonds. The maximum absolute atomic E-state index is 11.0. The predicted octanol–water partition coefficient (Wildman–Crippen LogP) is 0.274. The van der Waals surface area contributed by atoms with E-state index in [4.69, 9.17) is 17.3 Å². The van der Waals surface area contributed by atoms with Gasteiger partial charge in [-0.15, -0.1) is 0 Å². The van der Waals surface area contributed by atoms with Crippen LogP contribution in [0.5, 0.6) is 0 Å². The largest absolute Gasteiger partial charge is 0.366 e. The van der Waals surface area contributed by atoms with Crippen molar-refractivity contribution in [2.75, 3.05) is 13.6 Å². The molecule has 0 unspecified atom stereocenters. The SMILES string of the molecule is CNC(=O)CNCc1ccc(C(N)=O)cc1Cl. The van der Waals surface area contributed by atoms with E-state index in [0.29, 0.717) is 17.1 Å². The molecule has 92 valence electrons. The van der Waals surface area contributed by atoms with Crippen LogP contribution in [0.2, 0.25) is 5.02 Å². The highest BCUT2D eigenvalue weighted by molar-refractivity contribution is 6.31. The molecule has 17 heavy (non-hydrogen) atoms. The second kappa shape index (κ2) is 6.22. The number of hydrogen-bond acceptors (Lipinski definition) is 3. The van der Waals surface area contributed by atoms with Crippen LogP contribution in [0.4, 0.5) is 0 Å². The lowest BCUT2D eigenvalue weighted by Crippen LogP contribution is -2.31. The van der Waals surface area contributed by atoms with Crippen LogP contribution >= 0.6 is 11.6 Å². The van der Waals surface area contributed by atoms with E-state index in [-0.39, 0.29) is 12.5 Å².